The van der Waals surface area contributed by atoms with Gasteiger partial charge in [0.25, 0.3) is 0 Å². The molecule has 1 aliphatic rings. The number of aryl methyl sites for hydroxylation is 1. The van der Waals surface area contributed by atoms with Gasteiger partial charge >= 0.3 is 0 Å². The molecule has 2 rings (SSSR count). The minimum Gasteiger partial charge on any atom is -0.310 e. The Morgan fingerprint density at radius 3 is 2.59 bits per heavy atom. The van der Waals surface area contributed by atoms with E-state index in [1.54, 1.807) is 0 Å². The Balaban J connectivity index is 2.28. The molecule has 1 N–H and O–H groups in total. The maximum atomic E-state index is 3.71. The SMILES string of the molecule is CCNC(c1cccc(C)c1)C1(C)CCCC1. The van der Waals surface area contributed by atoms with E-state index >= 15 is 0 Å². The number of hydrogen-bond acceptors (Lipinski definition) is 1. The van der Waals surface area contributed by atoms with E-state index in [4.69, 9.17) is 0 Å². The van der Waals surface area contributed by atoms with Crippen LogP contribution >= 0.6 is 0 Å². The zero-order chi connectivity index (χ0) is 12.3. The van der Waals surface area contributed by atoms with Crippen LogP contribution in [0.3, 0.4) is 0 Å². The highest BCUT2D eigenvalue weighted by Gasteiger charge is 2.37. The first-order valence-corrected chi connectivity index (χ1v) is 6.96. The van der Waals surface area contributed by atoms with Crippen LogP contribution in [0.4, 0.5) is 0 Å². The van der Waals surface area contributed by atoms with Crippen molar-refractivity contribution in [3.8, 4) is 0 Å². The van der Waals surface area contributed by atoms with Crippen molar-refractivity contribution in [2.45, 2.75) is 52.5 Å². The van der Waals surface area contributed by atoms with Crippen molar-refractivity contribution in [3.63, 3.8) is 0 Å². The molecule has 0 spiro atoms. The molecule has 0 heterocycles. The van der Waals surface area contributed by atoms with E-state index < -0.39 is 0 Å². The standard InChI is InChI=1S/C16H25N/c1-4-17-15(16(3)10-5-6-11-16)14-9-7-8-13(2)12-14/h7-9,12,15,17H,4-6,10-11H2,1-3H3. The van der Waals surface area contributed by atoms with Crippen LogP contribution in [0.2, 0.25) is 0 Å². The van der Waals surface area contributed by atoms with Crippen LogP contribution in [0.5, 0.6) is 0 Å². The maximum Gasteiger partial charge on any atom is 0.0374 e. The van der Waals surface area contributed by atoms with Gasteiger partial charge in [0.2, 0.25) is 0 Å². The molecule has 1 aliphatic carbocycles. The molecule has 1 nitrogen and oxygen atoms in total. The summed E-state index contributed by atoms with van der Waals surface area (Å²) >= 11 is 0. The minimum absolute atomic E-state index is 0.448. The quantitative estimate of drug-likeness (QED) is 0.818. The number of hydrogen-bond donors (Lipinski definition) is 1. The van der Waals surface area contributed by atoms with Gasteiger partial charge in [-0.3, -0.25) is 0 Å². The fourth-order valence-electron chi connectivity index (χ4n) is 3.29. The second-order valence-corrected chi connectivity index (χ2v) is 5.77. The fraction of sp³-hybridized carbons (Fsp3) is 0.625. The summed E-state index contributed by atoms with van der Waals surface area (Å²) in [5.41, 5.74) is 3.28. The smallest absolute Gasteiger partial charge is 0.0374 e. The molecule has 1 atom stereocenters. The average Bonchev–Trinajstić information content (AvgIpc) is 2.74. The van der Waals surface area contributed by atoms with Gasteiger partial charge in [0.1, 0.15) is 0 Å². The Morgan fingerprint density at radius 2 is 2.00 bits per heavy atom. The first kappa shape index (κ1) is 12.6. The van der Waals surface area contributed by atoms with E-state index in [-0.39, 0.29) is 0 Å². The van der Waals surface area contributed by atoms with Gasteiger partial charge in [0.15, 0.2) is 0 Å². The first-order valence-electron chi connectivity index (χ1n) is 6.96. The molecule has 0 aliphatic heterocycles. The highest BCUT2D eigenvalue weighted by atomic mass is 14.9. The van der Waals surface area contributed by atoms with Crippen LogP contribution in [0, 0.1) is 12.3 Å². The topological polar surface area (TPSA) is 12.0 Å². The summed E-state index contributed by atoms with van der Waals surface area (Å²) in [6.07, 6.45) is 5.51. The fourth-order valence-corrected chi connectivity index (χ4v) is 3.29. The van der Waals surface area contributed by atoms with Crippen LogP contribution in [0.25, 0.3) is 0 Å². The van der Waals surface area contributed by atoms with Gasteiger partial charge in [-0.05, 0) is 37.3 Å². The van der Waals surface area contributed by atoms with Gasteiger partial charge in [-0.1, -0.05) is 56.5 Å². The lowest BCUT2D eigenvalue weighted by Gasteiger charge is -2.35. The third-order valence-corrected chi connectivity index (χ3v) is 4.23. The summed E-state index contributed by atoms with van der Waals surface area (Å²) < 4.78 is 0. The molecule has 0 amide bonds. The molecule has 0 radical (unpaired) electrons. The average molecular weight is 231 g/mol. The molecule has 0 saturated heterocycles. The van der Waals surface area contributed by atoms with E-state index in [0.29, 0.717) is 11.5 Å². The van der Waals surface area contributed by atoms with E-state index in [2.05, 4.69) is 50.4 Å². The number of rotatable bonds is 4. The Bertz CT molecular complexity index is 364. The second kappa shape index (κ2) is 5.22. The molecule has 17 heavy (non-hydrogen) atoms. The molecule has 1 unspecified atom stereocenters. The van der Waals surface area contributed by atoms with Crippen LogP contribution in [0.15, 0.2) is 24.3 Å². The summed E-state index contributed by atoms with van der Waals surface area (Å²) in [7, 11) is 0. The summed E-state index contributed by atoms with van der Waals surface area (Å²) in [6.45, 7) is 7.90. The molecular weight excluding hydrogens is 206 g/mol. The molecule has 1 aromatic carbocycles. The van der Waals surface area contributed by atoms with E-state index in [1.165, 1.54) is 36.8 Å². The Hall–Kier alpha value is -0.820. The van der Waals surface area contributed by atoms with Crippen molar-refractivity contribution < 1.29 is 0 Å². The zero-order valence-electron chi connectivity index (χ0n) is 11.4. The lowest BCUT2D eigenvalue weighted by Crippen LogP contribution is -2.34. The Kier molecular flexibility index (Phi) is 3.88. The van der Waals surface area contributed by atoms with Crippen LogP contribution < -0.4 is 5.32 Å². The van der Waals surface area contributed by atoms with Gasteiger partial charge in [-0.2, -0.15) is 0 Å². The first-order chi connectivity index (χ1) is 8.15. The van der Waals surface area contributed by atoms with E-state index in [1.807, 2.05) is 0 Å². The van der Waals surface area contributed by atoms with E-state index in [0.717, 1.165) is 6.54 Å². The molecule has 0 bridgehead atoms. The molecule has 1 heteroatoms. The van der Waals surface area contributed by atoms with Crippen LogP contribution in [0.1, 0.15) is 56.7 Å². The van der Waals surface area contributed by atoms with Crippen molar-refractivity contribution in [1.82, 2.24) is 5.32 Å². The van der Waals surface area contributed by atoms with Gasteiger partial charge < -0.3 is 5.32 Å². The normalized spacial score (nSPS) is 20.4. The monoisotopic (exact) mass is 231 g/mol. The molecule has 0 aromatic heterocycles. The minimum atomic E-state index is 0.448. The van der Waals surface area contributed by atoms with Gasteiger partial charge in [-0.15, -0.1) is 0 Å². The molecule has 1 aromatic rings. The van der Waals surface area contributed by atoms with Crippen molar-refractivity contribution in [2.75, 3.05) is 6.54 Å². The third kappa shape index (κ3) is 2.71. The van der Waals surface area contributed by atoms with Crippen LogP contribution in [-0.2, 0) is 0 Å². The molecule has 94 valence electrons. The number of nitrogens with one attached hydrogen (secondary N) is 1. The summed E-state index contributed by atoms with van der Waals surface area (Å²) in [6, 6.07) is 9.52. The van der Waals surface area contributed by atoms with Gasteiger partial charge in [0.05, 0.1) is 0 Å². The Labute approximate surface area is 106 Å². The predicted octanol–water partition coefficient (Wildman–Crippen LogP) is 4.23. The molecule has 1 saturated carbocycles. The molecular formula is C16H25N. The Morgan fingerprint density at radius 1 is 1.29 bits per heavy atom. The van der Waals surface area contributed by atoms with Crippen molar-refractivity contribution in [1.29, 1.82) is 0 Å². The number of benzene rings is 1. The zero-order valence-corrected chi connectivity index (χ0v) is 11.4. The summed E-state index contributed by atoms with van der Waals surface area (Å²) in [5, 5.41) is 3.71. The highest BCUT2D eigenvalue weighted by molar-refractivity contribution is 5.27. The maximum absolute atomic E-state index is 3.71. The summed E-state index contributed by atoms with van der Waals surface area (Å²) in [4.78, 5) is 0. The molecule has 1 fully saturated rings. The predicted molar refractivity (Wildman–Crippen MR) is 74.2 cm³/mol. The highest BCUT2D eigenvalue weighted by Crippen LogP contribution is 2.47. The lowest BCUT2D eigenvalue weighted by molar-refractivity contribution is 0.226. The summed E-state index contributed by atoms with van der Waals surface area (Å²) in [5.74, 6) is 0. The van der Waals surface area contributed by atoms with Gasteiger partial charge in [-0.25, -0.2) is 0 Å². The third-order valence-electron chi connectivity index (χ3n) is 4.23. The second-order valence-electron chi connectivity index (χ2n) is 5.77. The van der Waals surface area contributed by atoms with Crippen molar-refractivity contribution >= 4 is 0 Å². The van der Waals surface area contributed by atoms with Crippen LogP contribution in [-0.4, -0.2) is 6.54 Å². The van der Waals surface area contributed by atoms with Gasteiger partial charge in [0, 0.05) is 6.04 Å². The van der Waals surface area contributed by atoms with Crippen molar-refractivity contribution in [3.05, 3.63) is 35.4 Å². The van der Waals surface area contributed by atoms with Crippen molar-refractivity contribution in [2.24, 2.45) is 5.41 Å². The largest absolute Gasteiger partial charge is 0.310 e. The van der Waals surface area contributed by atoms with E-state index in [9.17, 15) is 0 Å². The lowest BCUT2D eigenvalue weighted by atomic mass is 9.77.